The number of esters is 1. The van der Waals surface area contributed by atoms with E-state index in [4.69, 9.17) is 5.73 Å². The van der Waals surface area contributed by atoms with E-state index in [2.05, 4.69) is 4.74 Å². The van der Waals surface area contributed by atoms with Gasteiger partial charge in [-0.15, -0.1) is 0 Å². The van der Waals surface area contributed by atoms with E-state index in [1.165, 1.54) is 0 Å². The predicted octanol–water partition coefficient (Wildman–Crippen LogP) is 2.09. The SMILES string of the molecule is COC(=O)c1c(F)ccc(CN)c1C(F)(F)F. The summed E-state index contributed by atoms with van der Waals surface area (Å²) < 4.78 is 55.7. The Morgan fingerprint density at radius 1 is 1.41 bits per heavy atom. The molecule has 0 fully saturated rings. The molecule has 0 heterocycles. The number of benzene rings is 1. The summed E-state index contributed by atoms with van der Waals surface area (Å²) in [6, 6.07) is 1.65. The van der Waals surface area contributed by atoms with Crippen molar-refractivity contribution < 1.29 is 27.1 Å². The molecule has 0 saturated carbocycles. The Morgan fingerprint density at radius 3 is 2.41 bits per heavy atom. The molecule has 2 N–H and O–H groups in total. The van der Waals surface area contributed by atoms with Gasteiger partial charge in [0.25, 0.3) is 0 Å². The standard InChI is InChI=1S/C10H9F4NO2/c1-17-9(16)7-6(11)3-2-5(4-15)8(7)10(12,13)14/h2-3H,4,15H2,1H3. The summed E-state index contributed by atoms with van der Waals surface area (Å²) in [5, 5.41) is 0. The number of carbonyl (C=O) groups is 1. The van der Waals surface area contributed by atoms with Crippen molar-refractivity contribution in [3.05, 3.63) is 34.6 Å². The van der Waals surface area contributed by atoms with Crippen LogP contribution in [0.1, 0.15) is 21.5 Å². The fourth-order valence-corrected chi connectivity index (χ4v) is 1.42. The highest BCUT2D eigenvalue weighted by Gasteiger charge is 2.39. The van der Waals surface area contributed by atoms with Gasteiger partial charge in [0.2, 0.25) is 0 Å². The first-order valence-corrected chi connectivity index (χ1v) is 4.49. The summed E-state index contributed by atoms with van der Waals surface area (Å²) in [5.41, 5.74) is 2.25. The highest BCUT2D eigenvalue weighted by Crippen LogP contribution is 2.36. The molecule has 3 nitrogen and oxygen atoms in total. The molecule has 0 aliphatic rings. The van der Waals surface area contributed by atoms with Gasteiger partial charge in [-0.05, 0) is 11.6 Å². The molecule has 0 aliphatic heterocycles. The van der Waals surface area contributed by atoms with Gasteiger partial charge in [-0.25, -0.2) is 9.18 Å². The van der Waals surface area contributed by atoms with Crippen molar-refractivity contribution in [2.45, 2.75) is 12.7 Å². The summed E-state index contributed by atoms with van der Waals surface area (Å²) in [6.45, 7) is -0.459. The average Bonchev–Trinajstić information content (AvgIpc) is 2.26. The fourth-order valence-electron chi connectivity index (χ4n) is 1.42. The normalized spacial score (nSPS) is 11.4. The lowest BCUT2D eigenvalue weighted by atomic mass is 9.99. The fraction of sp³-hybridized carbons (Fsp3) is 0.300. The Kier molecular flexibility index (Phi) is 3.72. The van der Waals surface area contributed by atoms with Gasteiger partial charge in [-0.3, -0.25) is 0 Å². The van der Waals surface area contributed by atoms with E-state index in [-0.39, 0.29) is 5.56 Å². The Hall–Kier alpha value is -1.63. The van der Waals surface area contributed by atoms with Gasteiger partial charge >= 0.3 is 12.1 Å². The largest absolute Gasteiger partial charge is 0.465 e. The number of ether oxygens (including phenoxy) is 1. The quantitative estimate of drug-likeness (QED) is 0.646. The van der Waals surface area contributed by atoms with E-state index in [0.717, 1.165) is 19.2 Å². The minimum absolute atomic E-state index is 0.362. The van der Waals surface area contributed by atoms with Crippen LogP contribution in [0.3, 0.4) is 0 Å². The van der Waals surface area contributed by atoms with Crippen molar-refractivity contribution in [2.24, 2.45) is 5.73 Å². The topological polar surface area (TPSA) is 52.3 Å². The summed E-state index contributed by atoms with van der Waals surface area (Å²) in [4.78, 5) is 11.2. The molecular formula is C10H9F4NO2. The molecular weight excluding hydrogens is 242 g/mol. The van der Waals surface area contributed by atoms with E-state index >= 15 is 0 Å². The second-order valence-electron chi connectivity index (χ2n) is 3.15. The van der Waals surface area contributed by atoms with Crippen molar-refractivity contribution in [1.29, 1.82) is 0 Å². The molecule has 17 heavy (non-hydrogen) atoms. The molecule has 1 aromatic carbocycles. The van der Waals surface area contributed by atoms with E-state index < -0.39 is 35.6 Å². The van der Waals surface area contributed by atoms with Crippen molar-refractivity contribution in [2.75, 3.05) is 7.11 Å². The first kappa shape index (κ1) is 13.4. The second-order valence-corrected chi connectivity index (χ2v) is 3.15. The predicted molar refractivity (Wildman–Crippen MR) is 50.6 cm³/mol. The minimum Gasteiger partial charge on any atom is -0.465 e. The van der Waals surface area contributed by atoms with Gasteiger partial charge in [0.15, 0.2) is 0 Å². The van der Waals surface area contributed by atoms with Crippen LogP contribution in [0.5, 0.6) is 0 Å². The molecule has 0 atom stereocenters. The highest BCUT2D eigenvalue weighted by molar-refractivity contribution is 5.92. The van der Waals surface area contributed by atoms with Crippen LogP contribution in [0.4, 0.5) is 17.6 Å². The zero-order chi connectivity index (χ0) is 13.2. The molecule has 0 aromatic heterocycles. The maximum Gasteiger partial charge on any atom is 0.417 e. The van der Waals surface area contributed by atoms with Gasteiger partial charge in [0.05, 0.1) is 12.7 Å². The zero-order valence-electron chi connectivity index (χ0n) is 8.77. The summed E-state index contributed by atoms with van der Waals surface area (Å²) in [5.74, 6) is -2.67. The van der Waals surface area contributed by atoms with Gasteiger partial charge in [0, 0.05) is 6.54 Å². The van der Waals surface area contributed by atoms with E-state index in [0.29, 0.717) is 0 Å². The Labute approximate surface area is 94.2 Å². The zero-order valence-corrected chi connectivity index (χ0v) is 8.77. The minimum atomic E-state index is -4.87. The van der Waals surface area contributed by atoms with Gasteiger partial charge < -0.3 is 10.5 Å². The lowest BCUT2D eigenvalue weighted by Gasteiger charge is -2.15. The number of alkyl halides is 3. The molecule has 0 saturated heterocycles. The average molecular weight is 251 g/mol. The van der Waals surface area contributed by atoms with Crippen molar-refractivity contribution in [3.63, 3.8) is 0 Å². The number of halogens is 4. The smallest absolute Gasteiger partial charge is 0.417 e. The number of carbonyl (C=O) groups excluding carboxylic acids is 1. The summed E-state index contributed by atoms with van der Waals surface area (Å²) in [6.07, 6.45) is -4.87. The van der Waals surface area contributed by atoms with Gasteiger partial charge in [0.1, 0.15) is 11.4 Å². The van der Waals surface area contributed by atoms with Crippen LogP contribution in [-0.4, -0.2) is 13.1 Å². The maximum absolute atomic E-state index is 13.3. The molecule has 0 amide bonds. The third-order valence-corrected chi connectivity index (χ3v) is 2.13. The molecule has 1 aromatic rings. The van der Waals surface area contributed by atoms with Crippen molar-refractivity contribution in [3.8, 4) is 0 Å². The van der Waals surface area contributed by atoms with Crippen LogP contribution >= 0.6 is 0 Å². The summed E-state index contributed by atoms with van der Waals surface area (Å²) in [7, 11) is 0.872. The maximum atomic E-state index is 13.3. The van der Waals surface area contributed by atoms with E-state index in [9.17, 15) is 22.4 Å². The number of nitrogens with two attached hydrogens (primary N) is 1. The van der Waals surface area contributed by atoms with Gasteiger partial charge in [-0.1, -0.05) is 6.07 Å². The lowest BCUT2D eigenvalue weighted by molar-refractivity contribution is -0.138. The second kappa shape index (κ2) is 4.70. The molecule has 1 rings (SSSR count). The van der Waals surface area contributed by atoms with Crippen LogP contribution in [0.25, 0.3) is 0 Å². The number of rotatable bonds is 2. The molecule has 0 unspecified atom stereocenters. The molecule has 7 heteroatoms. The lowest BCUT2D eigenvalue weighted by Crippen LogP contribution is -2.20. The van der Waals surface area contributed by atoms with E-state index in [1.54, 1.807) is 0 Å². The number of hydrogen-bond acceptors (Lipinski definition) is 3. The van der Waals surface area contributed by atoms with Crippen LogP contribution in [0, 0.1) is 5.82 Å². The number of methoxy groups -OCH3 is 1. The molecule has 94 valence electrons. The Bertz CT molecular complexity index is 443. The van der Waals surface area contributed by atoms with Crippen molar-refractivity contribution in [1.82, 2.24) is 0 Å². The third-order valence-electron chi connectivity index (χ3n) is 2.13. The molecule has 0 radical (unpaired) electrons. The summed E-state index contributed by atoms with van der Waals surface area (Å²) >= 11 is 0. The number of hydrogen-bond donors (Lipinski definition) is 1. The monoisotopic (exact) mass is 251 g/mol. The van der Waals surface area contributed by atoms with Crippen molar-refractivity contribution >= 4 is 5.97 Å². The van der Waals surface area contributed by atoms with Crippen LogP contribution in [0.15, 0.2) is 12.1 Å². The van der Waals surface area contributed by atoms with Crippen LogP contribution in [-0.2, 0) is 17.5 Å². The van der Waals surface area contributed by atoms with Gasteiger partial charge in [-0.2, -0.15) is 13.2 Å². The Morgan fingerprint density at radius 2 is 2.00 bits per heavy atom. The first-order chi connectivity index (χ1) is 7.82. The molecule has 0 spiro atoms. The molecule has 0 aliphatic carbocycles. The van der Waals surface area contributed by atoms with Crippen LogP contribution < -0.4 is 5.73 Å². The Balaban J connectivity index is 3.60. The highest BCUT2D eigenvalue weighted by atomic mass is 19.4. The van der Waals surface area contributed by atoms with Crippen LogP contribution in [0.2, 0.25) is 0 Å². The third kappa shape index (κ3) is 2.55. The first-order valence-electron chi connectivity index (χ1n) is 4.49. The molecule has 0 bridgehead atoms. The van der Waals surface area contributed by atoms with E-state index in [1.807, 2.05) is 0 Å².